The van der Waals surface area contributed by atoms with E-state index in [-0.39, 0.29) is 16.6 Å². The highest BCUT2D eigenvalue weighted by atomic mass is 32.2. The van der Waals surface area contributed by atoms with Gasteiger partial charge in [0.1, 0.15) is 11.5 Å². The molecule has 0 fully saturated rings. The van der Waals surface area contributed by atoms with Crippen molar-refractivity contribution in [3.05, 3.63) is 0 Å². The van der Waals surface area contributed by atoms with Crippen LogP contribution < -0.4 is 5.11 Å². The van der Waals surface area contributed by atoms with Gasteiger partial charge in [-0.2, -0.15) is 0 Å². The van der Waals surface area contributed by atoms with Gasteiger partial charge in [-0.05, 0) is 23.7 Å². The molecule has 0 rings (SSSR count). The molecule has 0 N–H and O–H groups in total. The standard InChI is InChI=1S/C11H22O2S/c1-3-4-5-6-7-8-9-14(2)10-11(12)13/h3-10H2,1-2H3. The van der Waals surface area contributed by atoms with Crippen molar-refractivity contribution in [1.29, 1.82) is 0 Å². The van der Waals surface area contributed by atoms with Gasteiger partial charge >= 0.3 is 0 Å². The van der Waals surface area contributed by atoms with Gasteiger partial charge in [-0.1, -0.05) is 32.6 Å². The molecule has 1 unspecified atom stereocenters. The third kappa shape index (κ3) is 9.90. The molecule has 0 aromatic heterocycles. The van der Waals surface area contributed by atoms with E-state index >= 15 is 0 Å². The molecular weight excluding hydrogens is 196 g/mol. The summed E-state index contributed by atoms with van der Waals surface area (Å²) in [5, 5.41) is 10.3. The number of hydrogen-bond acceptors (Lipinski definition) is 2. The van der Waals surface area contributed by atoms with Crippen LogP contribution >= 0.6 is 0 Å². The number of carboxylic acid groups (broad SMARTS) is 1. The molecule has 14 heavy (non-hydrogen) atoms. The fourth-order valence-electron chi connectivity index (χ4n) is 1.40. The predicted octanol–water partition coefficient (Wildman–Crippen LogP) is 1.34. The lowest BCUT2D eigenvalue weighted by atomic mass is 10.1. The van der Waals surface area contributed by atoms with Crippen LogP contribution in [0.5, 0.6) is 0 Å². The minimum Gasteiger partial charge on any atom is -0.545 e. The Morgan fingerprint density at radius 2 is 1.71 bits per heavy atom. The number of carboxylic acids is 1. The van der Waals surface area contributed by atoms with Gasteiger partial charge in [0.05, 0.1) is 12.2 Å². The Bertz CT molecular complexity index is 148. The summed E-state index contributed by atoms with van der Waals surface area (Å²) in [6.45, 7) is 2.21. The van der Waals surface area contributed by atoms with Crippen LogP contribution in [-0.4, -0.2) is 23.7 Å². The van der Waals surface area contributed by atoms with Crippen LogP contribution in [0.25, 0.3) is 0 Å². The molecule has 0 amide bonds. The van der Waals surface area contributed by atoms with Gasteiger partial charge in [0.15, 0.2) is 0 Å². The van der Waals surface area contributed by atoms with Crippen LogP contribution in [-0.2, 0) is 15.7 Å². The van der Waals surface area contributed by atoms with Crippen LogP contribution in [0.1, 0.15) is 45.4 Å². The van der Waals surface area contributed by atoms with E-state index in [1.54, 1.807) is 0 Å². The number of rotatable bonds is 9. The summed E-state index contributed by atoms with van der Waals surface area (Å²) in [6.07, 6.45) is 9.69. The quantitative estimate of drug-likeness (QED) is 0.433. The van der Waals surface area contributed by atoms with Gasteiger partial charge in [-0.3, -0.25) is 0 Å². The van der Waals surface area contributed by atoms with Crippen molar-refractivity contribution in [2.24, 2.45) is 0 Å². The van der Waals surface area contributed by atoms with Crippen LogP contribution in [0.4, 0.5) is 0 Å². The Morgan fingerprint density at radius 1 is 1.14 bits per heavy atom. The second kappa shape index (κ2) is 9.38. The summed E-state index contributed by atoms with van der Waals surface area (Å²) in [6, 6.07) is 0. The molecule has 0 spiro atoms. The zero-order chi connectivity index (χ0) is 10.8. The average Bonchev–Trinajstić information content (AvgIpc) is 2.10. The van der Waals surface area contributed by atoms with Crippen molar-refractivity contribution >= 4 is 16.9 Å². The second-order valence-electron chi connectivity index (χ2n) is 3.77. The van der Waals surface area contributed by atoms with Crippen molar-refractivity contribution in [3.8, 4) is 0 Å². The number of carbonyl (C=O) groups is 1. The highest BCUT2D eigenvalue weighted by molar-refractivity contribution is 7.96. The van der Waals surface area contributed by atoms with Crippen LogP contribution in [0, 0.1) is 0 Å². The van der Waals surface area contributed by atoms with E-state index in [2.05, 4.69) is 6.92 Å². The fraction of sp³-hybridized carbons (Fsp3) is 0.909. The van der Waals surface area contributed by atoms with E-state index in [1.807, 2.05) is 6.26 Å². The average molecular weight is 218 g/mol. The first kappa shape index (κ1) is 13.8. The van der Waals surface area contributed by atoms with Crippen LogP contribution in [0.15, 0.2) is 0 Å². The van der Waals surface area contributed by atoms with E-state index in [9.17, 15) is 9.90 Å². The normalized spacial score (nSPS) is 12.7. The molecule has 0 saturated carbocycles. The van der Waals surface area contributed by atoms with Crippen molar-refractivity contribution in [2.45, 2.75) is 45.4 Å². The Hall–Kier alpha value is -0.180. The summed E-state index contributed by atoms with van der Waals surface area (Å²) in [5.41, 5.74) is 0. The minimum absolute atomic E-state index is 0.0306. The molecule has 0 radical (unpaired) electrons. The first-order chi connectivity index (χ1) is 6.66. The lowest BCUT2D eigenvalue weighted by molar-refractivity contribution is -0.301. The molecule has 1 atom stereocenters. The molecule has 3 heteroatoms. The van der Waals surface area contributed by atoms with Crippen molar-refractivity contribution in [3.63, 3.8) is 0 Å². The van der Waals surface area contributed by atoms with Gasteiger partial charge in [-0.15, -0.1) is 0 Å². The Labute approximate surface area is 90.4 Å². The summed E-state index contributed by atoms with van der Waals surface area (Å²) in [7, 11) is 0.0306. The third-order valence-corrected chi connectivity index (χ3v) is 3.92. The molecule has 2 nitrogen and oxygen atoms in total. The molecule has 84 valence electrons. The van der Waals surface area contributed by atoms with Gasteiger partial charge < -0.3 is 9.90 Å². The number of carbonyl (C=O) groups excluding carboxylic acids is 1. The smallest absolute Gasteiger partial charge is 0.147 e. The zero-order valence-electron chi connectivity index (χ0n) is 9.38. The molecule has 0 saturated heterocycles. The van der Waals surface area contributed by atoms with E-state index in [4.69, 9.17) is 0 Å². The molecule has 0 aliphatic rings. The summed E-state index contributed by atoms with van der Waals surface area (Å²) in [5.74, 6) is 0.400. The SMILES string of the molecule is CCCCCCCC[S+](C)CC(=O)[O-]. The monoisotopic (exact) mass is 218 g/mol. The summed E-state index contributed by atoms with van der Waals surface area (Å²) in [4.78, 5) is 10.3. The van der Waals surface area contributed by atoms with E-state index in [1.165, 1.54) is 38.5 Å². The van der Waals surface area contributed by atoms with Gasteiger partial charge in [0, 0.05) is 0 Å². The molecular formula is C11H22O2S. The lowest BCUT2D eigenvalue weighted by Crippen LogP contribution is -2.31. The highest BCUT2D eigenvalue weighted by Gasteiger charge is 2.09. The molecule has 0 aromatic carbocycles. The first-order valence-electron chi connectivity index (χ1n) is 5.45. The number of hydrogen-bond donors (Lipinski definition) is 0. The second-order valence-corrected chi connectivity index (χ2v) is 6.03. The van der Waals surface area contributed by atoms with E-state index in [0.29, 0.717) is 0 Å². The maximum absolute atomic E-state index is 10.3. The topological polar surface area (TPSA) is 40.1 Å². The van der Waals surface area contributed by atoms with E-state index in [0.717, 1.165) is 5.75 Å². The summed E-state index contributed by atoms with van der Waals surface area (Å²) >= 11 is 0. The Kier molecular flexibility index (Phi) is 9.26. The van der Waals surface area contributed by atoms with Crippen molar-refractivity contribution in [1.82, 2.24) is 0 Å². The lowest BCUT2D eigenvalue weighted by Gasteiger charge is -2.04. The fourth-order valence-corrected chi connectivity index (χ4v) is 2.65. The zero-order valence-corrected chi connectivity index (χ0v) is 10.2. The minimum atomic E-state index is -0.901. The van der Waals surface area contributed by atoms with Crippen LogP contribution in [0.2, 0.25) is 0 Å². The Balaban J connectivity index is 3.14. The van der Waals surface area contributed by atoms with Crippen molar-refractivity contribution < 1.29 is 9.90 Å². The molecule has 0 bridgehead atoms. The van der Waals surface area contributed by atoms with Gasteiger partial charge in [0.25, 0.3) is 0 Å². The summed E-state index contributed by atoms with van der Waals surface area (Å²) < 4.78 is 0. The first-order valence-corrected chi connectivity index (χ1v) is 7.43. The molecule has 0 aliphatic carbocycles. The molecule has 0 aromatic rings. The van der Waals surface area contributed by atoms with Crippen molar-refractivity contribution in [2.75, 3.05) is 17.8 Å². The van der Waals surface area contributed by atoms with Gasteiger partial charge in [-0.25, -0.2) is 0 Å². The maximum atomic E-state index is 10.3. The highest BCUT2D eigenvalue weighted by Crippen LogP contribution is 2.06. The van der Waals surface area contributed by atoms with E-state index < -0.39 is 5.97 Å². The van der Waals surface area contributed by atoms with Gasteiger partial charge in [0.2, 0.25) is 0 Å². The number of unbranched alkanes of at least 4 members (excludes halogenated alkanes) is 5. The Morgan fingerprint density at radius 3 is 2.29 bits per heavy atom. The largest absolute Gasteiger partial charge is 0.545 e. The molecule has 0 aliphatic heterocycles. The predicted molar refractivity (Wildman–Crippen MR) is 61.4 cm³/mol. The maximum Gasteiger partial charge on any atom is 0.147 e. The molecule has 0 heterocycles. The third-order valence-electron chi connectivity index (χ3n) is 2.21. The number of aliphatic carboxylic acids is 1. The van der Waals surface area contributed by atoms with Crippen LogP contribution in [0.3, 0.4) is 0 Å².